The normalized spacial score (nSPS) is 19.5. The Morgan fingerprint density at radius 3 is 1.96 bits per heavy atom. The van der Waals surface area contributed by atoms with E-state index in [1.54, 1.807) is 20.8 Å². The quantitative estimate of drug-likeness (QED) is 0.533. The number of carbonyl (C=O) groups is 3. The zero-order chi connectivity index (χ0) is 19.9. The summed E-state index contributed by atoms with van der Waals surface area (Å²) in [7, 11) is 0. The second kappa shape index (κ2) is 9.95. The summed E-state index contributed by atoms with van der Waals surface area (Å²) in [5.74, 6) is -0.854. The third-order valence-corrected chi connectivity index (χ3v) is 4.80. The van der Waals surface area contributed by atoms with Crippen molar-refractivity contribution in [3.8, 4) is 0 Å². The Bertz CT molecular complexity index is 515. The topological polar surface area (TPSA) is 90.9 Å². The molecule has 7 nitrogen and oxygen atoms in total. The Balaban J connectivity index is 1.87. The highest BCUT2D eigenvalue weighted by Gasteiger charge is 2.30. The van der Waals surface area contributed by atoms with Gasteiger partial charge in [0.2, 0.25) is 0 Å². The predicted molar refractivity (Wildman–Crippen MR) is 99.1 cm³/mol. The molecule has 0 radical (unpaired) electrons. The van der Waals surface area contributed by atoms with Gasteiger partial charge in [-0.2, -0.15) is 0 Å². The highest BCUT2D eigenvalue weighted by atomic mass is 16.6. The second-order valence-corrected chi connectivity index (χ2v) is 8.48. The molecule has 2 aliphatic rings. The number of alkyl carbamates (subject to hydrolysis) is 1. The fraction of sp³-hybridized carbons (Fsp3) is 0.850. The molecule has 0 bridgehead atoms. The van der Waals surface area contributed by atoms with Crippen LogP contribution in [0.5, 0.6) is 0 Å². The fourth-order valence-corrected chi connectivity index (χ4v) is 3.46. The lowest BCUT2D eigenvalue weighted by Crippen LogP contribution is -2.45. The molecule has 7 heteroatoms. The molecule has 0 heterocycles. The van der Waals surface area contributed by atoms with Crippen molar-refractivity contribution >= 4 is 18.0 Å². The van der Waals surface area contributed by atoms with Crippen molar-refractivity contribution in [3.63, 3.8) is 0 Å². The minimum atomic E-state index is -0.920. The van der Waals surface area contributed by atoms with Gasteiger partial charge in [-0.3, -0.25) is 4.79 Å². The molecule has 0 unspecified atom stereocenters. The SMILES string of the molecule is CC(C)(C)OC(=O)N[C@H](CCC(=O)OC1CCCC1)C(=O)OC1CCCC1. The number of amides is 1. The molecule has 2 rings (SSSR count). The lowest BCUT2D eigenvalue weighted by Gasteiger charge is -2.24. The molecule has 1 N–H and O–H groups in total. The van der Waals surface area contributed by atoms with Crippen LogP contribution < -0.4 is 5.32 Å². The molecule has 0 aromatic rings. The maximum atomic E-state index is 12.5. The largest absolute Gasteiger partial charge is 0.462 e. The van der Waals surface area contributed by atoms with Crippen LogP contribution in [0.2, 0.25) is 0 Å². The molecule has 154 valence electrons. The molecule has 0 spiro atoms. The van der Waals surface area contributed by atoms with E-state index >= 15 is 0 Å². The molecule has 2 saturated carbocycles. The number of hydrogen-bond acceptors (Lipinski definition) is 6. The van der Waals surface area contributed by atoms with Crippen LogP contribution in [0.3, 0.4) is 0 Å². The van der Waals surface area contributed by atoms with E-state index in [9.17, 15) is 14.4 Å². The number of rotatable bonds is 7. The zero-order valence-electron chi connectivity index (χ0n) is 16.8. The van der Waals surface area contributed by atoms with Crippen LogP contribution in [0.15, 0.2) is 0 Å². The van der Waals surface area contributed by atoms with Crippen molar-refractivity contribution in [1.29, 1.82) is 0 Å². The fourth-order valence-electron chi connectivity index (χ4n) is 3.46. The van der Waals surface area contributed by atoms with Gasteiger partial charge in [-0.05, 0) is 78.6 Å². The maximum Gasteiger partial charge on any atom is 0.408 e. The lowest BCUT2D eigenvalue weighted by molar-refractivity contribution is -0.152. The van der Waals surface area contributed by atoms with Gasteiger partial charge in [0.25, 0.3) is 0 Å². The standard InChI is InChI=1S/C20H33NO6/c1-20(2,3)27-19(24)21-16(18(23)26-15-10-6-7-11-15)12-13-17(22)25-14-8-4-5-9-14/h14-16H,4-13H2,1-3H3,(H,21,24)/t16-/m1/s1. The third-order valence-electron chi connectivity index (χ3n) is 4.80. The van der Waals surface area contributed by atoms with Crippen LogP contribution in [0.25, 0.3) is 0 Å². The third kappa shape index (κ3) is 8.18. The summed E-state index contributed by atoms with van der Waals surface area (Å²) in [4.78, 5) is 36.7. The predicted octanol–water partition coefficient (Wildman–Crippen LogP) is 3.63. The molecule has 2 aliphatic carbocycles. The number of hydrogen-bond donors (Lipinski definition) is 1. The molecule has 0 saturated heterocycles. The highest BCUT2D eigenvalue weighted by molar-refractivity contribution is 5.82. The molecular weight excluding hydrogens is 350 g/mol. The Morgan fingerprint density at radius 1 is 0.926 bits per heavy atom. The minimum absolute atomic E-state index is 0.0137. The Hall–Kier alpha value is -1.79. The molecule has 1 amide bonds. The van der Waals surface area contributed by atoms with Gasteiger partial charge in [0.15, 0.2) is 0 Å². The van der Waals surface area contributed by atoms with Crippen LogP contribution >= 0.6 is 0 Å². The van der Waals surface area contributed by atoms with Gasteiger partial charge in [-0.25, -0.2) is 9.59 Å². The van der Waals surface area contributed by atoms with E-state index in [0.717, 1.165) is 51.4 Å². The first-order valence-corrected chi connectivity index (χ1v) is 10.1. The first-order chi connectivity index (χ1) is 12.7. The molecule has 2 fully saturated rings. The van der Waals surface area contributed by atoms with Crippen molar-refractivity contribution in [2.24, 2.45) is 0 Å². The molecule has 27 heavy (non-hydrogen) atoms. The van der Waals surface area contributed by atoms with Crippen LogP contribution in [0, 0.1) is 0 Å². The van der Waals surface area contributed by atoms with E-state index in [1.807, 2.05) is 0 Å². The summed E-state index contributed by atoms with van der Waals surface area (Å²) in [5.41, 5.74) is -0.675. The van der Waals surface area contributed by atoms with Crippen molar-refractivity contribution in [3.05, 3.63) is 0 Å². The summed E-state index contributed by atoms with van der Waals surface area (Å²) >= 11 is 0. The Kier molecular flexibility index (Phi) is 7.92. The first-order valence-electron chi connectivity index (χ1n) is 10.1. The van der Waals surface area contributed by atoms with Gasteiger partial charge in [0.1, 0.15) is 23.9 Å². The Morgan fingerprint density at radius 2 is 1.44 bits per heavy atom. The summed E-state index contributed by atoms with van der Waals surface area (Å²) in [5, 5.41) is 2.55. The molecule has 0 aliphatic heterocycles. The van der Waals surface area contributed by atoms with Crippen molar-refractivity contribution in [1.82, 2.24) is 5.32 Å². The molecule has 0 aromatic carbocycles. The van der Waals surface area contributed by atoms with Crippen molar-refractivity contribution < 1.29 is 28.6 Å². The lowest BCUT2D eigenvalue weighted by atomic mass is 10.1. The van der Waals surface area contributed by atoms with Gasteiger partial charge in [0, 0.05) is 6.42 Å². The van der Waals surface area contributed by atoms with E-state index in [1.165, 1.54) is 0 Å². The first kappa shape index (κ1) is 21.5. The maximum absolute atomic E-state index is 12.5. The summed E-state index contributed by atoms with van der Waals surface area (Å²) in [6, 6.07) is -0.920. The number of carbonyl (C=O) groups excluding carboxylic acids is 3. The van der Waals surface area contributed by atoms with Crippen LogP contribution in [-0.4, -0.2) is 41.9 Å². The number of ether oxygens (including phenoxy) is 3. The van der Waals surface area contributed by atoms with Gasteiger partial charge in [-0.1, -0.05) is 0 Å². The molecule has 1 atom stereocenters. The van der Waals surface area contributed by atoms with Gasteiger partial charge in [-0.15, -0.1) is 0 Å². The highest BCUT2D eigenvalue weighted by Crippen LogP contribution is 2.23. The minimum Gasteiger partial charge on any atom is -0.462 e. The van der Waals surface area contributed by atoms with E-state index in [0.29, 0.717) is 0 Å². The molecule has 0 aromatic heterocycles. The smallest absolute Gasteiger partial charge is 0.408 e. The average Bonchev–Trinajstić information content (AvgIpc) is 3.23. The van der Waals surface area contributed by atoms with Crippen molar-refractivity contribution in [2.45, 2.75) is 109 Å². The van der Waals surface area contributed by atoms with Gasteiger partial charge >= 0.3 is 18.0 Å². The molecular formula is C20H33NO6. The summed E-state index contributed by atoms with van der Waals surface area (Å²) in [6.07, 6.45) is 7.08. The van der Waals surface area contributed by atoms with Gasteiger partial charge < -0.3 is 19.5 Å². The van der Waals surface area contributed by atoms with Crippen LogP contribution in [0.1, 0.15) is 85.0 Å². The average molecular weight is 383 g/mol. The Labute approximate surface area is 161 Å². The van der Waals surface area contributed by atoms with Crippen LogP contribution in [0.4, 0.5) is 4.79 Å². The van der Waals surface area contributed by atoms with E-state index < -0.39 is 23.7 Å². The van der Waals surface area contributed by atoms with E-state index in [4.69, 9.17) is 14.2 Å². The van der Waals surface area contributed by atoms with Crippen LogP contribution in [-0.2, 0) is 23.8 Å². The monoisotopic (exact) mass is 383 g/mol. The number of esters is 2. The van der Waals surface area contributed by atoms with Crippen molar-refractivity contribution in [2.75, 3.05) is 0 Å². The van der Waals surface area contributed by atoms with E-state index in [2.05, 4.69) is 5.32 Å². The summed E-state index contributed by atoms with van der Waals surface area (Å²) < 4.78 is 16.2. The summed E-state index contributed by atoms with van der Waals surface area (Å²) in [6.45, 7) is 5.24. The van der Waals surface area contributed by atoms with Gasteiger partial charge in [0.05, 0.1) is 0 Å². The number of nitrogens with one attached hydrogen (secondary N) is 1. The van der Waals surface area contributed by atoms with E-state index in [-0.39, 0.29) is 31.0 Å². The second-order valence-electron chi connectivity index (χ2n) is 8.48. The zero-order valence-corrected chi connectivity index (χ0v) is 16.8.